The fourth-order valence-corrected chi connectivity index (χ4v) is 3.51. The maximum atomic E-state index is 13.8. The molecular formula is C18H24FN3O2. The highest BCUT2D eigenvalue weighted by Crippen LogP contribution is 2.25. The maximum Gasteiger partial charge on any atom is 0.246 e. The van der Waals surface area contributed by atoms with Gasteiger partial charge in [-0.3, -0.25) is 9.59 Å². The number of amides is 2. The molecule has 0 bridgehead atoms. The third-order valence-electron chi connectivity index (χ3n) is 4.90. The van der Waals surface area contributed by atoms with Gasteiger partial charge in [0.2, 0.25) is 11.8 Å². The minimum atomic E-state index is -0.443. The number of aryl methyl sites for hydroxylation is 1. The van der Waals surface area contributed by atoms with Gasteiger partial charge in [-0.25, -0.2) is 4.39 Å². The van der Waals surface area contributed by atoms with Crippen LogP contribution in [0.1, 0.15) is 31.4 Å². The van der Waals surface area contributed by atoms with Crippen molar-refractivity contribution >= 4 is 11.8 Å². The molecule has 2 aliphatic heterocycles. The standard InChI is InChI=1S/C18H24FN3O2/c1-10(2)16-18(24)22-9-13(7-15(22)17(23)21-16)20-8-12-6-11(3)4-5-14(12)19/h4-6,10,13,15-16,20H,7-9H2,1-3H3,(H,21,23)/t13-,15-,16-/m0/s1. The Morgan fingerprint density at radius 2 is 2.12 bits per heavy atom. The predicted molar refractivity (Wildman–Crippen MR) is 88.7 cm³/mol. The predicted octanol–water partition coefficient (Wildman–Crippen LogP) is 1.35. The zero-order valence-corrected chi connectivity index (χ0v) is 14.3. The van der Waals surface area contributed by atoms with Crippen molar-refractivity contribution in [1.82, 2.24) is 15.5 Å². The van der Waals surface area contributed by atoms with E-state index in [1.807, 2.05) is 26.8 Å². The summed E-state index contributed by atoms with van der Waals surface area (Å²) < 4.78 is 13.8. The molecule has 130 valence electrons. The van der Waals surface area contributed by atoms with Gasteiger partial charge in [-0.1, -0.05) is 31.5 Å². The summed E-state index contributed by atoms with van der Waals surface area (Å²) in [5, 5.41) is 6.12. The van der Waals surface area contributed by atoms with Gasteiger partial charge in [0.05, 0.1) is 0 Å². The number of halogens is 1. The molecule has 5 nitrogen and oxygen atoms in total. The lowest BCUT2D eigenvalue weighted by atomic mass is 9.98. The Hall–Kier alpha value is -1.95. The fourth-order valence-electron chi connectivity index (χ4n) is 3.51. The first-order valence-corrected chi connectivity index (χ1v) is 8.46. The van der Waals surface area contributed by atoms with Crippen LogP contribution < -0.4 is 10.6 Å². The van der Waals surface area contributed by atoms with Crippen LogP contribution in [0.4, 0.5) is 4.39 Å². The van der Waals surface area contributed by atoms with Crippen LogP contribution in [-0.4, -0.2) is 41.4 Å². The number of carbonyl (C=O) groups excluding carboxylic acids is 2. The van der Waals surface area contributed by atoms with Gasteiger partial charge in [0.15, 0.2) is 0 Å². The van der Waals surface area contributed by atoms with Crippen LogP contribution in [0.5, 0.6) is 0 Å². The zero-order chi connectivity index (χ0) is 17.4. The molecule has 0 aromatic heterocycles. The molecule has 0 radical (unpaired) electrons. The maximum absolute atomic E-state index is 13.8. The van der Waals surface area contributed by atoms with Gasteiger partial charge >= 0.3 is 0 Å². The Bertz CT molecular complexity index is 662. The normalized spacial score (nSPS) is 26.7. The number of carbonyl (C=O) groups is 2. The molecular weight excluding hydrogens is 309 g/mol. The van der Waals surface area contributed by atoms with E-state index >= 15 is 0 Å². The summed E-state index contributed by atoms with van der Waals surface area (Å²) in [6.45, 7) is 6.66. The molecule has 2 aliphatic rings. The minimum absolute atomic E-state index is 0.00414. The van der Waals surface area contributed by atoms with Gasteiger partial charge in [0, 0.05) is 24.7 Å². The summed E-state index contributed by atoms with van der Waals surface area (Å²) in [6, 6.07) is 4.17. The quantitative estimate of drug-likeness (QED) is 0.874. The number of fused-ring (bicyclic) bond motifs is 1. The van der Waals surface area contributed by atoms with Crippen molar-refractivity contribution in [2.75, 3.05) is 6.54 Å². The lowest BCUT2D eigenvalue weighted by Gasteiger charge is -2.36. The number of nitrogens with one attached hydrogen (secondary N) is 2. The van der Waals surface area contributed by atoms with E-state index in [4.69, 9.17) is 0 Å². The number of nitrogens with zero attached hydrogens (tertiary/aromatic N) is 1. The minimum Gasteiger partial charge on any atom is -0.342 e. The second-order valence-corrected chi connectivity index (χ2v) is 7.15. The third kappa shape index (κ3) is 3.15. The molecule has 0 spiro atoms. The highest BCUT2D eigenvalue weighted by molar-refractivity contribution is 5.97. The van der Waals surface area contributed by atoms with E-state index in [-0.39, 0.29) is 29.6 Å². The topological polar surface area (TPSA) is 61.4 Å². The van der Waals surface area contributed by atoms with Crippen LogP contribution in [0.3, 0.4) is 0 Å². The molecule has 3 rings (SSSR count). The summed E-state index contributed by atoms with van der Waals surface area (Å²) in [5.74, 6) is -0.270. The molecule has 0 saturated carbocycles. The van der Waals surface area contributed by atoms with Crippen LogP contribution in [0.15, 0.2) is 18.2 Å². The second-order valence-electron chi connectivity index (χ2n) is 7.15. The largest absolute Gasteiger partial charge is 0.342 e. The Kier molecular flexibility index (Phi) is 4.58. The van der Waals surface area contributed by atoms with Crippen molar-refractivity contribution in [3.05, 3.63) is 35.1 Å². The lowest BCUT2D eigenvalue weighted by Crippen LogP contribution is -2.62. The van der Waals surface area contributed by atoms with Gasteiger partial charge in [-0.05, 0) is 25.3 Å². The van der Waals surface area contributed by atoms with Crippen LogP contribution in [-0.2, 0) is 16.1 Å². The van der Waals surface area contributed by atoms with Crippen LogP contribution >= 0.6 is 0 Å². The SMILES string of the molecule is Cc1ccc(F)c(CN[C@H]2C[C@H]3C(=O)N[C@@H](C(C)C)C(=O)N3C2)c1. The first-order chi connectivity index (χ1) is 11.4. The average Bonchev–Trinajstić information content (AvgIpc) is 2.96. The molecule has 2 amide bonds. The van der Waals surface area contributed by atoms with Crippen molar-refractivity contribution in [2.24, 2.45) is 5.92 Å². The fraction of sp³-hybridized carbons (Fsp3) is 0.556. The Balaban J connectivity index is 1.65. The van der Waals surface area contributed by atoms with Gasteiger partial charge in [0.25, 0.3) is 0 Å². The van der Waals surface area contributed by atoms with Crippen molar-refractivity contribution in [3.8, 4) is 0 Å². The lowest BCUT2D eigenvalue weighted by molar-refractivity contribution is -0.148. The molecule has 6 heteroatoms. The first kappa shape index (κ1) is 16.9. The van der Waals surface area contributed by atoms with E-state index in [2.05, 4.69) is 10.6 Å². The molecule has 3 atom stereocenters. The van der Waals surface area contributed by atoms with Crippen LogP contribution in [0.25, 0.3) is 0 Å². The second kappa shape index (κ2) is 6.51. The van der Waals surface area contributed by atoms with Crippen molar-refractivity contribution in [1.29, 1.82) is 0 Å². The molecule has 0 aliphatic carbocycles. The van der Waals surface area contributed by atoms with E-state index in [0.717, 1.165) is 5.56 Å². The van der Waals surface area contributed by atoms with Gasteiger partial charge in [-0.15, -0.1) is 0 Å². The Labute approximate surface area is 141 Å². The molecule has 2 fully saturated rings. The van der Waals surface area contributed by atoms with E-state index in [1.54, 1.807) is 11.0 Å². The number of hydrogen-bond acceptors (Lipinski definition) is 3. The summed E-state index contributed by atoms with van der Waals surface area (Å²) in [6.07, 6.45) is 0.565. The number of hydrogen-bond donors (Lipinski definition) is 2. The number of piperazine rings is 1. The summed E-state index contributed by atoms with van der Waals surface area (Å²) >= 11 is 0. The zero-order valence-electron chi connectivity index (χ0n) is 14.3. The molecule has 2 heterocycles. The van der Waals surface area contributed by atoms with Gasteiger partial charge in [0.1, 0.15) is 17.9 Å². The highest BCUT2D eigenvalue weighted by atomic mass is 19.1. The first-order valence-electron chi connectivity index (χ1n) is 8.46. The van der Waals surface area contributed by atoms with Crippen molar-refractivity contribution in [3.63, 3.8) is 0 Å². The Morgan fingerprint density at radius 3 is 2.83 bits per heavy atom. The highest BCUT2D eigenvalue weighted by Gasteiger charge is 2.46. The summed E-state index contributed by atoms with van der Waals surface area (Å²) in [7, 11) is 0. The molecule has 2 N–H and O–H groups in total. The Morgan fingerprint density at radius 1 is 1.38 bits per heavy atom. The van der Waals surface area contributed by atoms with E-state index < -0.39 is 12.1 Å². The van der Waals surface area contributed by atoms with Crippen LogP contribution in [0, 0.1) is 18.7 Å². The molecule has 24 heavy (non-hydrogen) atoms. The monoisotopic (exact) mass is 333 g/mol. The summed E-state index contributed by atoms with van der Waals surface area (Å²) in [4.78, 5) is 26.5. The summed E-state index contributed by atoms with van der Waals surface area (Å²) in [5.41, 5.74) is 1.61. The van der Waals surface area contributed by atoms with Gasteiger partial charge in [-0.2, -0.15) is 0 Å². The van der Waals surface area contributed by atoms with Crippen molar-refractivity contribution < 1.29 is 14.0 Å². The number of benzene rings is 1. The van der Waals surface area contributed by atoms with Gasteiger partial charge < -0.3 is 15.5 Å². The van der Waals surface area contributed by atoms with E-state index in [0.29, 0.717) is 25.1 Å². The molecule has 2 saturated heterocycles. The van der Waals surface area contributed by atoms with Crippen LogP contribution in [0.2, 0.25) is 0 Å². The number of rotatable bonds is 4. The average molecular weight is 333 g/mol. The smallest absolute Gasteiger partial charge is 0.246 e. The van der Waals surface area contributed by atoms with E-state index in [1.165, 1.54) is 6.07 Å². The van der Waals surface area contributed by atoms with E-state index in [9.17, 15) is 14.0 Å². The molecule has 1 aromatic carbocycles. The molecule has 1 aromatic rings. The van der Waals surface area contributed by atoms with Crippen molar-refractivity contribution in [2.45, 2.75) is 51.9 Å². The molecule has 0 unspecified atom stereocenters. The third-order valence-corrected chi connectivity index (χ3v) is 4.90.